The van der Waals surface area contributed by atoms with Crippen molar-refractivity contribution in [1.82, 2.24) is 15.2 Å². The minimum atomic E-state index is -0.492. The number of nitrogens with two attached hydrogens (primary N) is 1. The van der Waals surface area contributed by atoms with Gasteiger partial charge in [-0.2, -0.15) is 5.10 Å². The molecule has 0 radical (unpaired) electrons. The maximum atomic E-state index is 13.8. The molecule has 6 heteroatoms. The highest BCUT2D eigenvalue weighted by atomic mass is 35.5. The Morgan fingerprint density at radius 1 is 1.47 bits per heavy atom. The van der Waals surface area contributed by atoms with E-state index in [1.807, 2.05) is 0 Å². The molecule has 2 rings (SSSR count). The summed E-state index contributed by atoms with van der Waals surface area (Å²) in [5.41, 5.74) is 3.61. The first kappa shape index (κ1) is 12.0. The summed E-state index contributed by atoms with van der Waals surface area (Å²) in [6.45, 7) is 0. The van der Waals surface area contributed by atoms with Gasteiger partial charge in [-0.05, 0) is 18.2 Å². The summed E-state index contributed by atoms with van der Waals surface area (Å²) >= 11 is 5.70. The van der Waals surface area contributed by atoms with Gasteiger partial charge >= 0.3 is 0 Å². The lowest BCUT2D eigenvalue weighted by molar-refractivity contribution is 0.547. The standard InChI is InChI=1S/C11H12ClFN4/c1-17-5-4-10(16-17)11(15-14)8-3-2-7(12)6-9(8)13/h2-6,11,15H,14H2,1H3. The third-order valence-electron chi connectivity index (χ3n) is 2.47. The van der Waals surface area contributed by atoms with Crippen LogP contribution in [0.25, 0.3) is 0 Å². The zero-order valence-electron chi connectivity index (χ0n) is 9.19. The normalized spacial score (nSPS) is 12.7. The molecule has 17 heavy (non-hydrogen) atoms. The van der Waals surface area contributed by atoms with E-state index in [4.69, 9.17) is 17.4 Å². The molecule has 1 unspecified atom stereocenters. The first-order valence-electron chi connectivity index (χ1n) is 5.02. The molecule has 90 valence electrons. The van der Waals surface area contributed by atoms with Crippen LogP contribution in [0.2, 0.25) is 5.02 Å². The average molecular weight is 255 g/mol. The van der Waals surface area contributed by atoms with Crippen LogP contribution in [0.4, 0.5) is 4.39 Å². The van der Waals surface area contributed by atoms with Crippen molar-refractivity contribution in [1.29, 1.82) is 0 Å². The Bertz CT molecular complexity index is 526. The summed E-state index contributed by atoms with van der Waals surface area (Å²) in [5, 5.41) is 4.55. The molecule has 1 heterocycles. The Morgan fingerprint density at radius 2 is 2.24 bits per heavy atom. The van der Waals surface area contributed by atoms with Crippen LogP contribution in [0.15, 0.2) is 30.5 Å². The van der Waals surface area contributed by atoms with E-state index < -0.39 is 11.9 Å². The third-order valence-corrected chi connectivity index (χ3v) is 2.71. The van der Waals surface area contributed by atoms with Gasteiger partial charge in [0.25, 0.3) is 0 Å². The fourth-order valence-corrected chi connectivity index (χ4v) is 1.82. The average Bonchev–Trinajstić information content (AvgIpc) is 2.69. The molecule has 0 aliphatic carbocycles. The molecule has 0 fully saturated rings. The molecule has 0 saturated carbocycles. The lowest BCUT2D eigenvalue weighted by Gasteiger charge is -2.14. The van der Waals surface area contributed by atoms with Crippen LogP contribution < -0.4 is 11.3 Å². The predicted octanol–water partition coefficient (Wildman–Crippen LogP) is 1.77. The molecular formula is C11H12ClFN4. The summed E-state index contributed by atoms with van der Waals surface area (Å²) in [6.07, 6.45) is 1.77. The number of nitrogens with one attached hydrogen (secondary N) is 1. The van der Waals surface area contributed by atoms with Crippen LogP contribution >= 0.6 is 11.6 Å². The zero-order valence-corrected chi connectivity index (χ0v) is 9.95. The Kier molecular flexibility index (Phi) is 3.42. The Hall–Kier alpha value is -1.43. The third kappa shape index (κ3) is 2.46. The van der Waals surface area contributed by atoms with Gasteiger partial charge in [-0.1, -0.05) is 17.7 Å². The monoisotopic (exact) mass is 254 g/mol. The lowest BCUT2D eigenvalue weighted by atomic mass is 10.0. The second-order valence-electron chi connectivity index (χ2n) is 3.68. The molecule has 0 aliphatic rings. The summed E-state index contributed by atoms with van der Waals surface area (Å²) in [5.74, 6) is 5.04. The number of aromatic nitrogens is 2. The van der Waals surface area contributed by atoms with E-state index in [0.29, 0.717) is 16.3 Å². The summed E-state index contributed by atoms with van der Waals surface area (Å²) < 4.78 is 15.4. The fourth-order valence-electron chi connectivity index (χ4n) is 1.66. The van der Waals surface area contributed by atoms with Gasteiger partial charge in [0, 0.05) is 23.8 Å². The molecule has 0 saturated heterocycles. The molecule has 1 atom stereocenters. The Morgan fingerprint density at radius 3 is 2.76 bits per heavy atom. The predicted molar refractivity (Wildman–Crippen MR) is 63.8 cm³/mol. The van der Waals surface area contributed by atoms with Gasteiger partial charge in [0.2, 0.25) is 0 Å². The highest BCUT2D eigenvalue weighted by Crippen LogP contribution is 2.24. The first-order chi connectivity index (χ1) is 8.11. The van der Waals surface area contributed by atoms with Crippen molar-refractivity contribution in [2.45, 2.75) is 6.04 Å². The van der Waals surface area contributed by atoms with Gasteiger partial charge in [-0.15, -0.1) is 0 Å². The van der Waals surface area contributed by atoms with E-state index in [1.165, 1.54) is 6.07 Å². The molecule has 1 aromatic carbocycles. The second-order valence-corrected chi connectivity index (χ2v) is 4.12. The number of rotatable bonds is 3. The number of aryl methyl sites for hydroxylation is 1. The molecule has 4 nitrogen and oxygen atoms in total. The van der Waals surface area contributed by atoms with Crippen molar-refractivity contribution in [3.63, 3.8) is 0 Å². The molecule has 2 aromatic rings. The van der Waals surface area contributed by atoms with Crippen LogP contribution in [-0.4, -0.2) is 9.78 Å². The molecule has 3 N–H and O–H groups in total. The molecule has 0 spiro atoms. The second kappa shape index (κ2) is 4.83. The molecule has 0 bridgehead atoms. The van der Waals surface area contributed by atoms with Crippen molar-refractivity contribution in [3.8, 4) is 0 Å². The Balaban J connectivity index is 2.42. The Labute approximate surface area is 103 Å². The zero-order chi connectivity index (χ0) is 12.4. The summed E-state index contributed by atoms with van der Waals surface area (Å²) in [4.78, 5) is 0. The summed E-state index contributed by atoms with van der Waals surface area (Å²) in [6, 6.07) is 5.75. The quantitative estimate of drug-likeness (QED) is 0.648. The van der Waals surface area contributed by atoms with Crippen LogP contribution in [0.3, 0.4) is 0 Å². The SMILES string of the molecule is Cn1ccc(C(NN)c2ccc(Cl)cc2F)n1. The molecule has 0 amide bonds. The van der Waals surface area contributed by atoms with E-state index >= 15 is 0 Å². The molecule has 1 aromatic heterocycles. The molecule has 0 aliphatic heterocycles. The number of nitrogens with zero attached hydrogens (tertiary/aromatic N) is 2. The number of hydrazine groups is 1. The van der Waals surface area contributed by atoms with Crippen LogP contribution in [0.5, 0.6) is 0 Å². The van der Waals surface area contributed by atoms with E-state index in [9.17, 15) is 4.39 Å². The highest BCUT2D eigenvalue weighted by Gasteiger charge is 2.18. The largest absolute Gasteiger partial charge is 0.275 e. The first-order valence-corrected chi connectivity index (χ1v) is 5.40. The van der Waals surface area contributed by atoms with Gasteiger partial charge in [-0.3, -0.25) is 10.5 Å². The smallest absolute Gasteiger partial charge is 0.129 e. The minimum Gasteiger partial charge on any atom is -0.275 e. The summed E-state index contributed by atoms with van der Waals surface area (Å²) in [7, 11) is 1.79. The number of hydrogen-bond donors (Lipinski definition) is 2. The van der Waals surface area contributed by atoms with Crippen molar-refractivity contribution >= 4 is 11.6 Å². The van der Waals surface area contributed by atoms with E-state index in [0.717, 1.165) is 0 Å². The topological polar surface area (TPSA) is 55.9 Å². The van der Waals surface area contributed by atoms with E-state index in [-0.39, 0.29) is 0 Å². The number of halogens is 2. The van der Waals surface area contributed by atoms with Gasteiger partial charge in [-0.25, -0.2) is 9.82 Å². The van der Waals surface area contributed by atoms with Gasteiger partial charge in [0.05, 0.1) is 11.7 Å². The lowest BCUT2D eigenvalue weighted by Crippen LogP contribution is -2.30. The maximum absolute atomic E-state index is 13.8. The van der Waals surface area contributed by atoms with Crippen LogP contribution in [-0.2, 0) is 7.05 Å². The van der Waals surface area contributed by atoms with Crippen molar-refractivity contribution in [2.75, 3.05) is 0 Å². The molecular weight excluding hydrogens is 243 g/mol. The van der Waals surface area contributed by atoms with Gasteiger partial charge in [0.1, 0.15) is 5.82 Å². The minimum absolute atomic E-state index is 0.350. The van der Waals surface area contributed by atoms with E-state index in [1.54, 1.807) is 36.1 Å². The van der Waals surface area contributed by atoms with Crippen LogP contribution in [0, 0.1) is 5.82 Å². The van der Waals surface area contributed by atoms with Gasteiger partial charge in [0.15, 0.2) is 0 Å². The van der Waals surface area contributed by atoms with Crippen molar-refractivity contribution in [3.05, 3.63) is 52.6 Å². The van der Waals surface area contributed by atoms with Crippen molar-refractivity contribution in [2.24, 2.45) is 12.9 Å². The van der Waals surface area contributed by atoms with Crippen LogP contribution in [0.1, 0.15) is 17.3 Å². The van der Waals surface area contributed by atoms with E-state index in [2.05, 4.69) is 10.5 Å². The highest BCUT2D eigenvalue weighted by molar-refractivity contribution is 6.30. The maximum Gasteiger partial charge on any atom is 0.129 e. The van der Waals surface area contributed by atoms with Gasteiger partial charge < -0.3 is 0 Å². The fraction of sp³-hybridized carbons (Fsp3) is 0.182. The number of hydrogen-bond acceptors (Lipinski definition) is 3. The van der Waals surface area contributed by atoms with Crippen molar-refractivity contribution < 1.29 is 4.39 Å². The number of benzene rings is 1.